The number of primary amides is 1. The molecule has 30 heavy (non-hydrogen) atoms. The average Bonchev–Trinajstić information content (AvgIpc) is 3.36. The average molecular weight is 426 g/mol. The molecule has 152 valence electrons. The minimum Gasteiger partial charge on any atom is -0.452 e. The molecule has 0 saturated heterocycles. The molecule has 12 heteroatoms. The Kier molecular flexibility index (Phi) is 5.11. The molecule has 3 aromatic heterocycles. The van der Waals surface area contributed by atoms with E-state index in [1.54, 1.807) is 48.9 Å². The van der Waals surface area contributed by atoms with Crippen molar-refractivity contribution >= 4 is 17.5 Å². The predicted octanol–water partition coefficient (Wildman–Crippen LogP) is 1.75. The number of pyridine rings is 1. The number of tetrazole rings is 1. The van der Waals surface area contributed by atoms with E-state index in [0.29, 0.717) is 33.6 Å². The molecule has 2 N–H and O–H groups in total. The summed E-state index contributed by atoms with van der Waals surface area (Å²) >= 11 is 6.01. The Bertz CT molecular complexity index is 1200. The van der Waals surface area contributed by atoms with Crippen molar-refractivity contribution in [3.63, 3.8) is 0 Å². The van der Waals surface area contributed by atoms with Crippen molar-refractivity contribution < 1.29 is 9.53 Å². The standard InChI is InChI=1S/C18H16ClN9O2/c1-10(16-22-26-28(25-16)13-5-3-4-12(19)8-13)30-18-24-23-17(27(18)2)14-7-6-11(9-21-14)15(20)29/h3-10H,1-2H3,(H2,20,29)/t10-/m1/s1. The van der Waals surface area contributed by atoms with E-state index in [0.717, 1.165) is 0 Å². The molecule has 1 aromatic carbocycles. The van der Waals surface area contributed by atoms with Crippen LogP contribution in [-0.4, -0.2) is 45.9 Å². The molecule has 0 saturated carbocycles. The second kappa shape index (κ2) is 7.87. The zero-order valence-electron chi connectivity index (χ0n) is 16.0. The molecule has 3 heterocycles. The van der Waals surface area contributed by atoms with Gasteiger partial charge in [0.05, 0.1) is 11.3 Å². The molecule has 0 unspecified atom stereocenters. The van der Waals surface area contributed by atoms with Crippen LogP contribution in [0.1, 0.15) is 29.2 Å². The second-order valence-electron chi connectivity index (χ2n) is 6.34. The van der Waals surface area contributed by atoms with E-state index in [4.69, 9.17) is 22.1 Å². The summed E-state index contributed by atoms with van der Waals surface area (Å²) in [4.78, 5) is 16.8. The minimum absolute atomic E-state index is 0.248. The summed E-state index contributed by atoms with van der Waals surface area (Å²) in [6, 6.07) is 10.5. The third kappa shape index (κ3) is 3.82. The molecule has 0 radical (unpaired) electrons. The number of ether oxygens (including phenoxy) is 1. The molecular formula is C18H16ClN9O2. The maximum atomic E-state index is 11.2. The molecule has 0 aliphatic rings. The van der Waals surface area contributed by atoms with E-state index in [1.807, 2.05) is 6.07 Å². The van der Waals surface area contributed by atoms with Crippen LogP contribution in [0, 0.1) is 0 Å². The van der Waals surface area contributed by atoms with Gasteiger partial charge in [-0.2, -0.15) is 0 Å². The lowest BCUT2D eigenvalue weighted by atomic mass is 10.2. The van der Waals surface area contributed by atoms with Gasteiger partial charge in [0.15, 0.2) is 11.9 Å². The Morgan fingerprint density at radius 1 is 1.20 bits per heavy atom. The molecule has 0 fully saturated rings. The summed E-state index contributed by atoms with van der Waals surface area (Å²) in [7, 11) is 1.73. The number of nitrogens with zero attached hydrogens (tertiary/aromatic N) is 8. The monoisotopic (exact) mass is 425 g/mol. The SMILES string of the molecule is C[C@@H](Oc1nnc(-c2ccc(C(N)=O)cn2)n1C)c1nnn(-c2cccc(Cl)c2)n1. The second-order valence-corrected chi connectivity index (χ2v) is 6.78. The van der Waals surface area contributed by atoms with E-state index in [-0.39, 0.29) is 6.01 Å². The highest BCUT2D eigenvalue weighted by Gasteiger charge is 2.20. The van der Waals surface area contributed by atoms with Crippen LogP contribution in [0.5, 0.6) is 6.01 Å². The van der Waals surface area contributed by atoms with Gasteiger partial charge in [-0.25, -0.2) is 0 Å². The summed E-state index contributed by atoms with van der Waals surface area (Å²) in [6.07, 6.45) is 0.840. The molecular weight excluding hydrogens is 410 g/mol. The number of halogens is 1. The first kappa shape index (κ1) is 19.5. The summed E-state index contributed by atoms with van der Waals surface area (Å²) in [5, 5.41) is 21.1. The number of rotatable bonds is 6. The van der Waals surface area contributed by atoms with Crippen LogP contribution < -0.4 is 10.5 Å². The lowest BCUT2D eigenvalue weighted by Crippen LogP contribution is -2.11. The van der Waals surface area contributed by atoms with Crippen molar-refractivity contribution in [2.24, 2.45) is 12.8 Å². The Morgan fingerprint density at radius 2 is 2.03 bits per heavy atom. The fraction of sp³-hybridized carbons (Fsp3) is 0.167. The zero-order valence-corrected chi connectivity index (χ0v) is 16.7. The molecule has 0 spiro atoms. The van der Waals surface area contributed by atoms with Gasteiger partial charge >= 0.3 is 6.01 Å². The predicted molar refractivity (Wildman–Crippen MR) is 106 cm³/mol. The molecule has 0 bridgehead atoms. The Hall–Kier alpha value is -3.86. The molecule has 1 amide bonds. The smallest absolute Gasteiger partial charge is 0.317 e. The molecule has 11 nitrogen and oxygen atoms in total. The van der Waals surface area contributed by atoms with Gasteiger partial charge in [0, 0.05) is 18.3 Å². The van der Waals surface area contributed by atoms with Crippen LogP contribution in [0.4, 0.5) is 0 Å². The summed E-state index contributed by atoms with van der Waals surface area (Å²) < 4.78 is 7.48. The number of nitrogens with two attached hydrogens (primary N) is 1. The molecule has 1 atom stereocenters. The van der Waals surface area contributed by atoms with E-state index in [9.17, 15) is 4.79 Å². The summed E-state index contributed by atoms with van der Waals surface area (Å²) in [5.41, 5.74) is 6.74. The highest BCUT2D eigenvalue weighted by atomic mass is 35.5. The highest BCUT2D eigenvalue weighted by Crippen LogP contribution is 2.22. The van der Waals surface area contributed by atoms with Gasteiger partial charge in [-0.15, -0.1) is 20.1 Å². The van der Waals surface area contributed by atoms with Crippen LogP contribution in [0.25, 0.3) is 17.2 Å². The minimum atomic E-state index is -0.553. The third-order valence-corrected chi connectivity index (χ3v) is 4.46. The molecule has 4 rings (SSSR count). The van der Waals surface area contributed by atoms with Crippen LogP contribution in [0.3, 0.4) is 0 Å². The fourth-order valence-electron chi connectivity index (χ4n) is 2.62. The van der Waals surface area contributed by atoms with Crippen molar-refractivity contribution in [1.82, 2.24) is 40.0 Å². The Balaban J connectivity index is 1.52. The number of benzene rings is 1. The van der Waals surface area contributed by atoms with Gasteiger partial charge in [0.1, 0.15) is 5.69 Å². The first-order valence-electron chi connectivity index (χ1n) is 8.80. The first-order chi connectivity index (χ1) is 14.4. The highest BCUT2D eigenvalue weighted by molar-refractivity contribution is 6.30. The maximum Gasteiger partial charge on any atom is 0.317 e. The van der Waals surface area contributed by atoms with Gasteiger partial charge < -0.3 is 10.5 Å². The Morgan fingerprint density at radius 3 is 2.73 bits per heavy atom. The van der Waals surface area contributed by atoms with Crippen LogP contribution in [0.15, 0.2) is 42.6 Å². The van der Waals surface area contributed by atoms with E-state index < -0.39 is 12.0 Å². The third-order valence-electron chi connectivity index (χ3n) is 4.23. The van der Waals surface area contributed by atoms with E-state index in [1.165, 1.54) is 11.0 Å². The van der Waals surface area contributed by atoms with E-state index in [2.05, 4.69) is 30.6 Å². The molecule has 0 aliphatic heterocycles. The van der Waals surface area contributed by atoms with Crippen molar-refractivity contribution in [1.29, 1.82) is 0 Å². The van der Waals surface area contributed by atoms with E-state index >= 15 is 0 Å². The number of carbonyl (C=O) groups is 1. The molecule has 0 aliphatic carbocycles. The van der Waals surface area contributed by atoms with Crippen molar-refractivity contribution in [3.05, 3.63) is 59.0 Å². The zero-order chi connectivity index (χ0) is 21.3. The number of hydrogen-bond acceptors (Lipinski definition) is 8. The number of aromatic nitrogens is 8. The topological polar surface area (TPSA) is 140 Å². The number of carbonyl (C=O) groups excluding carboxylic acids is 1. The largest absolute Gasteiger partial charge is 0.452 e. The van der Waals surface area contributed by atoms with Gasteiger partial charge in [-0.05, 0) is 42.5 Å². The summed E-state index contributed by atoms with van der Waals surface area (Å²) in [5.74, 6) is 0.274. The fourth-order valence-corrected chi connectivity index (χ4v) is 2.81. The van der Waals surface area contributed by atoms with Gasteiger partial charge in [-0.1, -0.05) is 22.8 Å². The van der Waals surface area contributed by atoms with Crippen molar-refractivity contribution in [3.8, 4) is 23.2 Å². The lowest BCUT2D eigenvalue weighted by molar-refractivity contribution is 0.1000. The summed E-state index contributed by atoms with van der Waals surface area (Å²) in [6.45, 7) is 1.77. The Labute approximate surface area is 175 Å². The number of hydrogen-bond donors (Lipinski definition) is 1. The quantitative estimate of drug-likeness (QED) is 0.492. The van der Waals surface area contributed by atoms with Crippen molar-refractivity contribution in [2.45, 2.75) is 13.0 Å². The normalized spacial score (nSPS) is 12.0. The van der Waals surface area contributed by atoms with Gasteiger partial charge in [0.25, 0.3) is 0 Å². The van der Waals surface area contributed by atoms with Gasteiger partial charge in [-0.3, -0.25) is 14.3 Å². The van der Waals surface area contributed by atoms with Crippen molar-refractivity contribution in [2.75, 3.05) is 0 Å². The van der Waals surface area contributed by atoms with Gasteiger partial charge in [0.2, 0.25) is 11.7 Å². The lowest BCUT2D eigenvalue weighted by Gasteiger charge is -2.10. The number of amides is 1. The van der Waals surface area contributed by atoms with Crippen LogP contribution in [0.2, 0.25) is 5.02 Å². The van der Waals surface area contributed by atoms with Crippen LogP contribution in [-0.2, 0) is 7.05 Å². The maximum absolute atomic E-state index is 11.2. The van der Waals surface area contributed by atoms with Crippen LogP contribution >= 0.6 is 11.6 Å². The molecule has 4 aromatic rings. The first-order valence-corrected chi connectivity index (χ1v) is 9.18.